The maximum Gasteiger partial charge on any atom is 0.286 e. The molecule has 0 unspecified atom stereocenters. The van der Waals surface area contributed by atoms with Crippen molar-refractivity contribution in [1.29, 1.82) is 0 Å². The van der Waals surface area contributed by atoms with Gasteiger partial charge < -0.3 is 20.3 Å². The van der Waals surface area contributed by atoms with E-state index in [1.165, 1.54) is 0 Å². The molecule has 1 fully saturated rings. The molecule has 2 N–H and O–H groups in total. The van der Waals surface area contributed by atoms with E-state index in [2.05, 4.69) is 15.6 Å². The predicted molar refractivity (Wildman–Crippen MR) is 110 cm³/mol. The van der Waals surface area contributed by atoms with Gasteiger partial charge in [0.1, 0.15) is 5.82 Å². The first-order chi connectivity index (χ1) is 13.6. The summed E-state index contributed by atoms with van der Waals surface area (Å²) in [7, 11) is 3.99. The smallest absolute Gasteiger partial charge is 0.286 e. The summed E-state index contributed by atoms with van der Waals surface area (Å²) in [5.41, 5.74) is 0.939. The van der Waals surface area contributed by atoms with Crippen molar-refractivity contribution in [3.63, 3.8) is 0 Å². The second kappa shape index (κ2) is 8.04. The topological polar surface area (TPSA) is 79.4 Å². The number of rotatable bonds is 5. The van der Waals surface area contributed by atoms with Gasteiger partial charge in [-0.15, -0.1) is 0 Å². The molecule has 1 aliphatic carbocycles. The predicted octanol–water partition coefficient (Wildman–Crippen LogP) is 2.84. The van der Waals surface area contributed by atoms with Crippen LogP contribution in [-0.4, -0.2) is 48.7 Å². The quantitative estimate of drug-likeness (QED) is 0.829. The first-order valence-corrected chi connectivity index (χ1v) is 9.94. The Labute approximate surface area is 165 Å². The van der Waals surface area contributed by atoms with Gasteiger partial charge in [-0.3, -0.25) is 4.79 Å². The molecule has 1 aromatic heterocycles. The van der Waals surface area contributed by atoms with Crippen LogP contribution >= 0.6 is 0 Å². The largest absolute Gasteiger partial charge is 0.488 e. The summed E-state index contributed by atoms with van der Waals surface area (Å²) >= 11 is 0. The lowest BCUT2D eigenvalue weighted by Gasteiger charge is -2.30. The van der Waals surface area contributed by atoms with Crippen LogP contribution < -0.4 is 15.5 Å². The molecule has 0 atom stereocenters. The summed E-state index contributed by atoms with van der Waals surface area (Å²) in [4.78, 5) is 23.6. The number of hydrogen-bond acceptors (Lipinski definition) is 6. The normalized spacial score (nSPS) is 21.7. The first kappa shape index (κ1) is 18.5. The van der Waals surface area contributed by atoms with E-state index in [4.69, 9.17) is 9.72 Å². The Kier molecular flexibility index (Phi) is 5.32. The molecular weight excluding hydrogens is 354 g/mol. The minimum Gasteiger partial charge on any atom is -0.488 e. The van der Waals surface area contributed by atoms with Gasteiger partial charge in [0.15, 0.2) is 5.76 Å². The van der Waals surface area contributed by atoms with Crippen molar-refractivity contribution in [2.75, 3.05) is 30.9 Å². The maximum atomic E-state index is 12.2. The van der Waals surface area contributed by atoms with Gasteiger partial charge in [0, 0.05) is 38.0 Å². The Bertz CT molecular complexity index is 887. The van der Waals surface area contributed by atoms with Gasteiger partial charge in [-0.25, -0.2) is 4.98 Å². The number of fused-ring (bicyclic) bond motifs is 1. The summed E-state index contributed by atoms with van der Waals surface area (Å²) < 4.78 is 5.34. The average Bonchev–Trinajstić information content (AvgIpc) is 3.24. The number of amides is 1. The number of benzene rings is 1. The molecule has 2 heterocycles. The monoisotopic (exact) mass is 381 g/mol. The van der Waals surface area contributed by atoms with Crippen LogP contribution in [0.2, 0.25) is 0 Å². The molecule has 7 nitrogen and oxygen atoms in total. The third-order valence-corrected chi connectivity index (χ3v) is 5.33. The number of anilines is 2. The van der Waals surface area contributed by atoms with Crippen molar-refractivity contribution >= 4 is 28.6 Å². The minimum atomic E-state index is -0.0811. The SMILES string of the molecule is CN(C)c1nc(N[C@H]2CC[C@@H](NC(=O)C3=CCCO3)CC2)nc2ccccc12. The van der Waals surface area contributed by atoms with Crippen LogP contribution in [0.1, 0.15) is 32.1 Å². The number of carbonyl (C=O) groups is 1. The lowest BCUT2D eigenvalue weighted by molar-refractivity contribution is -0.121. The van der Waals surface area contributed by atoms with E-state index in [-0.39, 0.29) is 11.9 Å². The van der Waals surface area contributed by atoms with Crippen LogP contribution in [0.15, 0.2) is 36.1 Å². The fraction of sp³-hybridized carbons (Fsp3) is 0.476. The lowest BCUT2D eigenvalue weighted by Crippen LogP contribution is -2.41. The molecule has 2 aliphatic rings. The van der Waals surface area contributed by atoms with Gasteiger partial charge in [-0.2, -0.15) is 4.98 Å². The molecule has 4 rings (SSSR count). The third kappa shape index (κ3) is 4.03. The fourth-order valence-corrected chi connectivity index (χ4v) is 3.86. The van der Waals surface area contributed by atoms with E-state index in [1.807, 2.05) is 49.3 Å². The molecule has 7 heteroatoms. The molecule has 1 aromatic carbocycles. The van der Waals surface area contributed by atoms with E-state index >= 15 is 0 Å². The number of ether oxygens (including phenoxy) is 1. The molecule has 148 valence electrons. The zero-order valence-electron chi connectivity index (χ0n) is 16.4. The highest BCUT2D eigenvalue weighted by Gasteiger charge is 2.25. The van der Waals surface area contributed by atoms with Crippen molar-refractivity contribution in [1.82, 2.24) is 15.3 Å². The summed E-state index contributed by atoms with van der Waals surface area (Å²) in [6.45, 7) is 0.611. The Morgan fingerprint density at radius 1 is 1.11 bits per heavy atom. The van der Waals surface area contributed by atoms with Gasteiger partial charge in [-0.1, -0.05) is 12.1 Å². The van der Waals surface area contributed by atoms with Crippen LogP contribution in [0.25, 0.3) is 10.9 Å². The van der Waals surface area contributed by atoms with Crippen LogP contribution in [-0.2, 0) is 9.53 Å². The van der Waals surface area contributed by atoms with Crippen LogP contribution in [0.5, 0.6) is 0 Å². The highest BCUT2D eigenvalue weighted by molar-refractivity contribution is 5.92. The highest BCUT2D eigenvalue weighted by atomic mass is 16.5. The molecule has 0 radical (unpaired) electrons. The fourth-order valence-electron chi connectivity index (χ4n) is 3.86. The van der Waals surface area contributed by atoms with E-state index in [9.17, 15) is 4.79 Å². The molecule has 1 aliphatic heterocycles. The molecule has 0 bridgehead atoms. The number of hydrogen-bond donors (Lipinski definition) is 2. The number of para-hydroxylation sites is 1. The second-order valence-electron chi connectivity index (χ2n) is 7.65. The van der Waals surface area contributed by atoms with E-state index in [0.29, 0.717) is 24.4 Å². The van der Waals surface area contributed by atoms with Gasteiger partial charge in [0.2, 0.25) is 5.95 Å². The molecule has 28 heavy (non-hydrogen) atoms. The Morgan fingerprint density at radius 2 is 1.86 bits per heavy atom. The van der Waals surface area contributed by atoms with Gasteiger partial charge in [0.25, 0.3) is 5.91 Å². The molecule has 1 amide bonds. The molecule has 2 aromatic rings. The van der Waals surface area contributed by atoms with Crippen molar-refractivity contribution < 1.29 is 9.53 Å². The van der Waals surface area contributed by atoms with Crippen LogP contribution in [0, 0.1) is 0 Å². The Morgan fingerprint density at radius 3 is 2.57 bits per heavy atom. The van der Waals surface area contributed by atoms with Crippen molar-refractivity contribution in [3.05, 3.63) is 36.1 Å². The molecule has 0 saturated heterocycles. The number of carbonyl (C=O) groups excluding carboxylic acids is 1. The lowest BCUT2D eigenvalue weighted by atomic mass is 9.91. The number of nitrogens with zero attached hydrogens (tertiary/aromatic N) is 3. The summed E-state index contributed by atoms with van der Waals surface area (Å²) in [5.74, 6) is 1.97. The standard InChI is InChI=1S/C21H27N5O2/c1-26(2)19-16-6-3-4-7-17(16)24-21(25-19)23-15-11-9-14(10-12-15)22-20(27)18-8-5-13-28-18/h3-4,6-8,14-15H,5,9-13H2,1-2H3,(H,22,27)(H,23,24,25)/t14-,15+. The Balaban J connectivity index is 1.37. The van der Waals surface area contributed by atoms with Crippen molar-refractivity contribution in [2.45, 2.75) is 44.2 Å². The van der Waals surface area contributed by atoms with Gasteiger partial charge >= 0.3 is 0 Å². The number of nitrogens with one attached hydrogen (secondary N) is 2. The van der Waals surface area contributed by atoms with Gasteiger partial charge in [0.05, 0.1) is 12.1 Å². The summed E-state index contributed by atoms with van der Waals surface area (Å²) in [6, 6.07) is 8.58. The minimum absolute atomic E-state index is 0.0811. The van der Waals surface area contributed by atoms with Gasteiger partial charge in [-0.05, 0) is 43.9 Å². The van der Waals surface area contributed by atoms with Crippen molar-refractivity contribution in [3.8, 4) is 0 Å². The average molecular weight is 381 g/mol. The molecule has 0 spiro atoms. The van der Waals surface area contributed by atoms with Crippen molar-refractivity contribution in [2.24, 2.45) is 0 Å². The van der Waals surface area contributed by atoms with Crippen LogP contribution in [0.3, 0.4) is 0 Å². The van der Waals surface area contributed by atoms with Crippen LogP contribution in [0.4, 0.5) is 11.8 Å². The highest BCUT2D eigenvalue weighted by Crippen LogP contribution is 2.26. The van der Waals surface area contributed by atoms with E-state index in [1.54, 1.807) is 0 Å². The second-order valence-corrected chi connectivity index (χ2v) is 7.65. The zero-order valence-corrected chi connectivity index (χ0v) is 16.4. The number of aromatic nitrogens is 2. The zero-order chi connectivity index (χ0) is 19.5. The summed E-state index contributed by atoms with van der Waals surface area (Å²) in [6.07, 6.45) is 6.49. The van der Waals surface area contributed by atoms with E-state index in [0.717, 1.165) is 48.8 Å². The summed E-state index contributed by atoms with van der Waals surface area (Å²) in [5, 5.41) is 7.64. The molecular formula is C21H27N5O2. The molecule has 1 saturated carbocycles. The van der Waals surface area contributed by atoms with E-state index < -0.39 is 0 Å². The Hall–Kier alpha value is -2.83. The third-order valence-electron chi connectivity index (χ3n) is 5.33. The first-order valence-electron chi connectivity index (χ1n) is 9.94. The maximum absolute atomic E-state index is 12.2.